The van der Waals surface area contributed by atoms with Crippen molar-refractivity contribution in [1.29, 1.82) is 0 Å². The second-order valence-corrected chi connectivity index (χ2v) is 15.3. The van der Waals surface area contributed by atoms with E-state index in [1.54, 1.807) is 28.4 Å². The van der Waals surface area contributed by atoms with Gasteiger partial charge in [0.15, 0.2) is 13.0 Å². The van der Waals surface area contributed by atoms with Crippen molar-refractivity contribution in [3.05, 3.63) is 0 Å². The Bertz CT molecular complexity index is 321. The normalized spacial score (nSPS) is 12.7. The topological polar surface area (TPSA) is 36.9 Å². The lowest BCUT2D eigenvalue weighted by atomic mass is 10.4. The molecule has 0 fully saturated rings. The number of rotatable bonds is 15. The molecule has 0 N–H and O–H groups in total. The lowest BCUT2D eigenvalue weighted by Crippen LogP contribution is -1.95. The summed E-state index contributed by atoms with van der Waals surface area (Å²) in [7, 11) is 10.4. The van der Waals surface area contributed by atoms with Gasteiger partial charge in [0.25, 0.3) is 0 Å². The molecule has 0 radical (unpaired) electrons. The maximum atomic E-state index is 5.33. The average molecular weight is 427 g/mol. The van der Waals surface area contributed by atoms with Crippen LogP contribution in [-0.4, -0.2) is 52.3 Å². The van der Waals surface area contributed by atoms with Gasteiger partial charge in [-0.15, -0.1) is 0 Å². The summed E-state index contributed by atoms with van der Waals surface area (Å²) >= 11 is 10.7. The quantitative estimate of drug-likeness (QED) is 0.203. The van der Waals surface area contributed by atoms with Crippen molar-refractivity contribution in [3.8, 4) is 0 Å². The molecule has 0 aliphatic rings. The van der Waals surface area contributed by atoms with Gasteiger partial charge in [-0.25, -0.2) is 0 Å². The molecule has 0 saturated heterocycles. The molecule has 0 spiro atoms. The predicted octanol–water partition coefficient (Wildman–Crippen LogP) is 5.13. The molecule has 0 atom stereocenters. The smallest absolute Gasteiger partial charge is 0.188 e. The zero-order chi connectivity index (χ0) is 16.9. The monoisotopic (exact) mass is 426 g/mol. The van der Waals surface area contributed by atoms with Gasteiger partial charge in [-0.1, -0.05) is 21.6 Å². The molecule has 0 aromatic carbocycles. The van der Waals surface area contributed by atoms with Crippen LogP contribution in [0.5, 0.6) is 0 Å². The van der Waals surface area contributed by atoms with Gasteiger partial charge in [-0.2, -0.15) is 0 Å². The number of hydrogen-bond acceptors (Lipinski definition) is 8. The molecule has 0 unspecified atom stereocenters. The van der Waals surface area contributed by atoms with Crippen molar-refractivity contribution in [1.82, 2.24) is 0 Å². The molecule has 0 aromatic rings. The summed E-state index contributed by atoms with van der Waals surface area (Å²) in [6, 6.07) is 0. The van der Waals surface area contributed by atoms with Crippen LogP contribution in [0.25, 0.3) is 0 Å². The Kier molecular flexibility index (Phi) is 15.2. The Labute approximate surface area is 153 Å². The molecule has 0 aliphatic heterocycles. The average Bonchev–Trinajstić information content (AvgIpc) is 2.56. The van der Waals surface area contributed by atoms with Crippen LogP contribution in [0, 0.1) is 0 Å². The van der Waals surface area contributed by atoms with Gasteiger partial charge in [0, 0.05) is 52.3 Å². The van der Waals surface area contributed by atoms with Crippen LogP contribution in [0.4, 0.5) is 0 Å². The summed E-state index contributed by atoms with van der Waals surface area (Å²) in [5.41, 5.74) is 0. The first kappa shape index (κ1) is 23.8. The van der Waals surface area contributed by atoms with E-state index in [1.807, 2.05) is 21.6 Å². The molecular weight excluding hydrogens is 398 g/mol. The van der Waals surface area contributed by atoms with E-state index >= 15 is 0 Å². The highest BCUT2D eigenvalue weighted by Gasteiger charge is 2.14. The molecule has 134 valence electrons. The highest BCUT2D eigenvalue weighted by molar-refractivity contribution is 8.76. The molecule has 0 amide bonds. The van der Waals surface area contributed by atoms with Gasteiger partial charge in [0.2, 0.25) is 0 Å². The minimum Gasteiger partial charge on any atom is -0.333 e. The standard InChI is InChI=1S/C12H28O4P2S4/c1-13-17(19,14-2)9-5-7-11-21-22-12-8-6-10-18(20,15-3)16-4/h5-12H2,1-4H3. The molecule has 0 rings (SSSR count). The second-order valence-electron chi connectivity index (χ2n) is 4.46. The van der Waals surface area contributed by atoms with E-state index in [9.17, 15) is 0 Å². The molecule has 10 heteroatoms. The van der Waals surface area contributed by atoms with Gasteiger partial charge >= 0.3 is 0 Å². The summed E-state index contributed by atoms with van der Waals surface area (Å²) < 4.78 is 21.1. The zero-order valence-electron chi connectivity index (χ0n) is 13.8. The minimum absolute atomic E-state index is 0.860. The van der Waals surface area contributed by atoms with Crippen LogP contribution in [0.1, 0.15) is 25.7 Å². The van der Waals surface area contributed by atoms with E-state index in [2.05, 4.69) is 0 Å². The summed E-state index contributed by atoms with van der Waals surface area (Å²) in [6.07, 6.45) is 6.15. The SMILES string of the molecule is COP(=S)(CCCCSSCCCCP(=S)(OC)OC)OC. The van der Waals surface area contributed by atoms with Crippen molar-refractivity contribution in [2.24, 2.45) is 0 Å². The third-order valence-electron chi connectivity index (χ3n) is 3.02. The fourth-order valence-corrected chi connectivity index (χ4v) is 6.88. The summed E-state index contributed by atoms with van der Waals surface area (Å²) in [6.45, 7) is -3.97. The van der Waals surface area contributed by atoms with E-state index in [0.717, 1.165) is 49.5 Å². The zero-order valence-corrected chi connectivity index (χ0v) is 18.9. The first-order valence-electron chi connectivity index (χ1n) is 7.10. The number of hydrogen-bond donors (Lipinski definition) is 0. The Balaban J connectivity index is 3.45. The maximum Gasteiger partial charge on any atom is 0.188 e. The van der Waals surface area contributed by atoms with Crippen molar-refractivity contribution >= 4 is 58.2 Å². The minimum atomic E-state index is -1.99. The second kappa shape index (κ2) is 14.1. The Hall–Kier alpha value is 1.84. The largest absolute Gasteiger partial charge is 0.333 e. The number of unbranched alkanes of at least 4 members (excludes halogenated alkanes) is 2. The lowest BCUT2D eigenvalue weighted by molar-refractivity contribution is 0.336. The van der Waals surface area contributed by atoms with E-state index in [-0.39, 0.29) is 0 Å². The van der Waals surface area contributed by atoms with E-state index in [0.29, 0.717) is 0 Å². The molecule has 0 aromatic heterocycles. The summed E-state index contributed by atoms with van der Waals surface area (Å²) in [5, 5.41) is 0. The van der Waals surface area contributed by atoms with E-state index in [4.69, 9.17) is 41.7 Å². The Morgan fingerprint density at radius 1 is 0.636 bits per heavy atom. The van der Waals surface area contributed by atoms with E-state index < -0.39 is 13.0 Å². The fraction of sp³-hybridized carbons (Fsp3) is 1.00. The van der Waals surface area contributed by atoms with Gasteiger partial charge in [0.05, 0.1) is 0 Å². The molecule has 0 aliphatic carbocycles. The third-order valence-corrected chi connectivity index (χ3v) is 12.4. The summed E-state index contributed by atoms with van der Waals surface area (Å²) in [4.78, 5) is 0. The van der Waals surface area contributed by atoms with Crippen LogP contribution in [-0.2, 0) is 41.7 Å². The van der Waals surface area contributed by atoms with Crippen LogP contribution in [0.2, 0.25) is 0 Å². The lowest BCUT2D eigenvalue weighted by Gasteiger charge is -2.17. The van der Waals surface area contributed by atoms with Crippen LogP contribution in [0.3, 0.4) is 0 Å². The van der Waals surface area contributed by atoms with Crippen molar-refractivity contribution in [2.45, 2.75) is 25.7 Å². The first-order valence-corrected chi connectivity index (χ1v) is 15.2. The molecule has 4 nitrogen and oxygen atoms in total. The highest BCUT2D eigenvalue weighted by atomic mass is 33.1. The van der Waals surface area contributed by atoms with Gasteiger partial charge < -0.3 is 18.1 Å². The maximum absolute atomic E-state index is 5.33. The van der Waals surface area contributed by atoms with Crippen LogP contribution in [0.15, 0.2) is 0 Å². The van der Waals surface area contributed by atoms with Crippen LogP contribution < -0.4 is 0 Å². The highest BCUT2D eigenvalue weighted by Crippen LogP contribution is 2.48. The Morgan fingerprint density at radius 2 is 0.955 bits per heavy atom. The molecule has 22 heavy (non-hydrogen) atoms. The molecular formula is C12H28O4P2S4. The van der Waals surface area contributed by atoms with Crippen LogP contribution >= 0.6 is 34.6 Å². The summed E-state index contributed by atoms with van der Waals surface area (Å²) in [5.74, 6) is 2.28. The van der Waals surface area contributed by atoms with Gasteiger partial charge in [-0.3, -0.25) is 0 Å². The van der Waals surface area contributed by atoms with Crippen molar-refractivity contribution in [2.75, 3.05) is 52.3 Å². The molecule has 0 heterocycles. The van der Waals surface area contributed by atoms with Crippen molar-refractivity contribution < 1.29 is 18.1 Å². The van der Waals surface area contributed by atoms with Gasteiger partial charge in [0.1, 0.15) is 0 Å². The third kappa shape index (κ3) is 11.4. The Morgan fingerprint density at radius 3 is 1.23 bits per heavy atom. The van der Waals surface area contributed by atoms with E-state index in [1.165, 1.54) is 0 Å². The predicted molar refractivity (Wildman–Crippen MR) is 110 cm³/mol. The molecule has 0 saturated carbocycles. The van der Waals surface area contributed by atoms with Crippen molar-refractivity contribution in [3.63, 3.8) is 0 Å². The first-order chi connectivity index (χ1) is 10.4. The fourth-order valence-electron chi connectivity index (χ4n) is 1.56. The van der Waals surface area contributed by atoms with Gasteiger partial charge in [-0.05, 0) is 49.3 Å². The molecule has 0 bridgehead atoms.